The summed E-state index contributed by atoms with van der Waals surface area (Å²) in [4.78, 5) is 11.9. The van der Waals surface area contributed by atoms with Crippen LogP contribution in [0.4, 0.5) is 0 Å². The number of nitrogens with zero attached hydrogens (tertiary/aromatic N) is 4. The molecule has 1 atom stereocenters. The van der Waals surface area contributed by atoms with Crippen molar-refractivity contribution in [3.63, 3.8) is 0 Å². The summed E-state index contributed by atoms with van der Waals surface area (Å²) in [5, 5.41) is 11.9. The maximum absolute atomic E-state index is 11.9. The minimum atomic E-state index is -0.555. The maximum Gasteiger partial charge on any atom is 0.235 e. The van der Waals surface area contributed by atoms with E-state index in [1.807, 2.05) is 62.4 Å². The highest BCUT2D eigenvalue weighted by Crippen LogP contribution is 2.34. The fourth-order valence-electron chi connectivity index (χ4n) is 2.39. The number of amides is 1. The van der Waals surface area contributed by atoms with Crippen LogP contribution in [0.5, 0.6) is 0 Å². The molecule has 0 radical (unpaired) electrons. The molecule has 1 heterocycles. The molecule has 3 rings (SSSR count). The molecular formula is C17H17N5OS. The van der Waals surface area contributed by atoms with Crippen molar-refractivity contribution >= 4 is 17.7 Å². The van der Waals surface area contributed by atoms with Crippen molar-refractivity contribution < 1.29 is 4.79 Å². The number of aromatic nitrogens is 4. The molecule has 0 bridgehead atoms. The molecule has 0 aliphatic heterocycles. The molecule has 2 aromatic carbocycles. The number of nitrogens with two attached hydrogens (primary N) is 1. The summed E-state index contributed by atoms with van der Waals surface area (Å²) in [6, 6.07) is 15.3. The third-order valence-corrected chi connectivity index (χ3v) is 5.03. The second-order valence-corrected chi connectivity index (χ2v) is 6.48. The molecule has 1 aromatic heterocycles. The van der Waals surface area contributed by atoms with Gasteiger partial charge in [-0.25, -0.2) is 0 Å². The first-order chi connectivity index (χ1) is 11.6. The molecule has 0 unspecified atom stereocenters. The second-order valence-electron chi connectivity index (χ2n) is 5.40. The predicted octanol–water partition coefficient (Wildman–Crippen LogP) is 2.60. The van der Waals surface area contributed by atoms with Gasteiger partial charge in [0.1, 0.15) is 5.25 Å². The summed E-state index contributed by atoms with van der Waals surface area (Å²) >= 11 is 1.24. The van der Waals surface area contributed by atoms with Crippen LogP contribution >= 0.6 is 11.8 Å². The van der Waals surface area contributed by atoms with Gasteiger partial charge in [-0.1, -0.05) is 54.2 Å². The van der Waals surface area contributed by atoms with Crippen LogP contribution in [0.1, 0.15) is 21.9 Å². The Balaban J connectivity index is 1.98. The molecule has 1 amide bonds. The second kappa shape index (κ2) is 6.84. The van der Waals surface area contributed by atoms with E-state index >= 15 is 0 Å². The summed E-state index contributed by atoms with van der Waals surface area (Å²) in [5.74, 6) is -0.429. The monoisotopic (exact) mass is 339 g/mol. The first-order valence-corrected chi connectivity index (χ1v) is 8.32. The Hall–Kier alpha value is -2.67. The Kier molecular flexibility index (Phi) is 4.61. The molecule has 0 spiro atoms. The molecule has 3 aromatic rings. The highest BCUT2D eigenvalue weighted by Gasteiger charge is 2.23. The number of hydrogen-bond donors (Lipinski definition) is 1. The standard InChI is InChI=1S/C17H17N5OS/c1-11-7-6-10-14(12(11)2)22-17(19-20-21-22)24-15(16(18)23)13-8-4-3-5-9-13/h3-10,15H,1-2H3,(H2,18,23)/t15-/m0/s1. The highest BCUT2D eigenvalue weighted by molar-refractivity contribution is 8.00. The largest absolute Gasteiger partial charge is 0.368 e. The number of carbonyl (C=O) groups is 1. The third kappa shape index (κ3) is 3.16. The van der Waals surface area contributed by atoms with E-state index in [0.717, 1.165) is 22.4 Å². The summed E-state index contributed by atoms with van der Waals surface area (Å²) in [7, 11) is 0. The van der Waals surface area contributed by atoms with Gasteiger partial charge in [0.2, 0.25) is 11.1 Å². The van der Waals surface area contributed by atoms with E-state index in [-0.39, 0.29) is 0 Å². The molecule has 0 aliphatic rings. The van der Waals surface area contributed by atoms with E-state index in [4.69, 9.17) is 5.73 Å². The molecule has 122 valence electrons. The number of thioether (sulfide) groups is 1. The molecular weight excluding hydrogens is 322 g/mol. The van der Waals surface area contributed by atoms with E-state index in [0.29, 0.717) is 5.16 Å². The quantitative estimate of drug-likeness (QED) is 0.722. The van der Waals surface area contributed by atoms with Crippen LogP contribution in [-0.4, -0.2) is 26.1 Å². The smallest absolute Gasteiger partial charge is 0.235 e. The number of tetrazole rings is 1. The lowest BCUT2D eigenvalue weighted by molar-refractivity contribution is -0.117. The lowest BCUT2D eigenvalue weighted by Gasteiger charge is -2.14. The summed E-state index contributed by atoms with van der Waals surface area (Å²) in [6.07, 6.45) is 0. The van der Waals surface area contributed by atoms with Gasteiger partial charge in [-0.2, -0.15) is 4.68 Å². The Labute approximate surface area is 144 Å². The van der Waals surface area contributed by atoms with Gasteiger partial charge in [0.15, 0.2) is 0 Å². The zero-order chi connectivity index (χ0) is 17.1. The average Bonchev–Trinajstić information content (AvgIpc) is 3.04. The Bertz CT molecular complexity index is 862. The van der Waals surface area contributed by atoms with Gasteiger partial charge in [-0.15, -0.1) is 5.10 Å². The average molecular weight is 339 g/mol. The van der Waals surface area contributed by atoms with Crippen molar-refractivity contribution in [2.24, 2.45) is 5.73 Å². The van der Waals surface area contributed by atoms with Crippen molar-refractivity contribution in [3.8, 4) is 5.69 Å². The van der Waals surface area contributed by atoms with Crippen LogP contribution < -0.4 is 5.73 Å². The van der Waals surface area contributed by atoms with Gasteiger partial charge in [0.25, 0.3) is 0 Å². The van der Waals surface area contributed by atoms with Crippen molar-refractivity contribution in [1.29, 1.82) is 0 Å². The van der Waals surface area contributed by atoms with E-state index in [2.05, 4.69) is 15.5 Å². The van der Waals surface area contributed by atoms with Gasteiger partial charge in [0, 0.05) is 0 Å². The molecule has 0 saturated carbocycles. The van der Waals surface area contributed by atoms with Crippen LogP contribution in [0.2, 0.25) is 0 Å². The number of aryl methyl sites for hydroxylation is 1. The number of carbonyl (C=O) groups excluding carboxylic acids is 1. The normalized spacial score (nSPS) is 12.1. The lowest BCUT2D eigenvalue weighted by Crippen LogP contribution is -2.19. The number of rotatable bonds is 5. The summed E-state index contributed by atoms with van der Waals surface area (Å²) in [6.45, 7) is 4.05. The topological polar surface area (TPSA) is 86.7 Å². The van der Waals surface area contributed by atoms with Gasteiger partial charge in [0.05, 0.1) is 5.69 Å². The van der Waals surface area contributed by atoms with E-state index in [1.54, 1.807) is 4.68 Å². The molecule has 7 heteroatoms. The van der Waals surface area contributed by atoms with Crippen molar-refractivity contribution in [3.05, 3.63) is 65.2 Å². The van der Waals surface area contributed by atoms with Crippen LogP contribution in [0.3, 0.4) is 0 Å². The van der Waals surface area contributed by atoms with E-state index in [9.17, 15) is 4.79 Å². The minimum absolute atomic E-state index is 0.429. The van der Waals surface area contributed by atoms with Crippen molar-refractivity contribution in [2.45, 2.75) is 24.3 Å². The summed E-state index contributed by atoms with van der Waals surface area (Å²) < 4.78 is 1.64. The molecule has 2 N–H and O–H groups in total. The lowest BCUT2D eigenvalue weighted by atomic mass is 10.1. The number of benzene rings is 2. The van der Waals surface area contributed by atoms with Crippen molar-refractivity contribution in [1.82, 2.24) is 20.2 Å². The Morgan fingerprint density at radius 3 is 2.58 bits per heavy atom. The fraction of sp³-hybridized carbons (Fsp3) is 0.176. The highest BCUT2D eigenvalue weighted by atomic mass is 32.2. The fourth-order valence-corrected chi connectivity index (χ4v) is 3.33. The maximum atomic E-state index is 11.9. The first kappa shape index (κ1) is 16.2. The molecule has 0 aliphatic carbocycles. The predicted molar refractivity (Wildman–Crippen MR) is 92.9 cm³/mol. The van der Waals surface area contributed by atoms with E-state index in [1.165, 1.54) is 11.8 Å². The van der Waals surface area contributed by atoms with E-state index < -0.39 is 11.2 Å². The van der Waals surface area contributed by atoms with Gasteiger partial charge in [-0.3, -0.25) is 4.79 Å². The van der Waals surface area contributed by atoms with Gasteiger partial charge >= 0.3 is 0 Å². The van der Waals surface area contributed by atoms with Crippen molar-refractivity contribution in [2.75, 3.05) is 0 Å². The molecule has 6 nitrogen and oxygen atoms in total. The molecule has 24 heavy (non-hydrogen) atoms. The number of primary amides is 1. The Morgan fingerprint density at radius 1 is 1.12 bits per heavy atom. The molecule has 0 saturated heterocycles. The van der Waals surface area contributed by atoms with Crippen LogP contribution in [0.25, 0.3) is 5.69 Å². The molecule has 0 fully saturated rings. The summed E-state index contributed by atoms with van der Waals surface area (Å²) in [5.41, 5.74) is 9.53. The first-order valence-electron chi connectivity index (χ1n) is 7.44. The number of hydrogen-bond acceptors (Lipinski definition) is 5. The van der Waals surface area contributed by atoms with Crippen LogP contribution in [0.15, 0.2) is 53.7 Å². The van der Waals surface area contributed by atoms with Crippen LogP contribution in [-0.2, 0) is 4.79 Å². The zero-order valence-electron chi connectivity index (χ0n) is 13.4. The van der Waals surface area contributed by atoms with Gasteiger partial charge in [-0.05, 0) is 47.0 Å². The van der Waals surface area contributed by atoms with Gasteiger partial charge < -0.3 is 5.73 Å². The Morgan fingerprint density at radius 2 is 1.88 bits per heavy atom. The SMILES string of the molecule is Cc1cccc(-n2nnnc2S[C@H](C(N)=O)c2ccccc2)c1C. The third-order valence-electron chi connectivity index (χ3n) is 3.83. The minimum Gasteiger partial charge on any atom is -0.368 e. The van der Waals surface area contributed by atoms with Crippen LogP contribution in [0, 0.1) is 13.8 Å². The zero-order valence-corrected chi connectivity index (χ0v) is 14.2.